The van der Waals surface area contributed by atoms with Crippen molar-refractivity contribution in [2.75, 3.05) is 6.61 Å². The Balaban J connectivity index is 2.24. The van der Waals surface area contributed by atoms with Crippen molar-refractivity contribution in [3.05, 3.63) is 28.8 Å². The molecule has 0 fully saturated rings. The van der Waals surface area contributed by atoms with Crippen LogP contribution in [0.1, 0.15) is 32.3 Å². The molecular formula is C15H22ClNO3. The highest BCUT2D eigenvalue weighted by Crippen LogP contribution is 2.21. The zero-order valence-corrected chi connectivity index (χ0v) is 12.9. The molecule has 0 saturated heterocycles. The lowest BCUT2D eigenvalue weighted by atomic mass is 10.1. The lowest BCUT2D eigenvalue weighted by Crippen LogP contribution is -2.39. The van der Waals surface area contributed by atoms with E-state index in [0.29, 0.717) is 6.61 Å². The number of halogens is 1. The summed E-state index contributed by atoms with van der Waals surface area (Å²) < 4.78 is 5.64. The second-order valence-electron chi connectivity index (χ2n) is 5.03. The van der Waals surface area contributed by atoms with Crippen LogP contribution in [-0.4, -0.2) is 29.8 Å². The highest BCUT2D eigenvalue weighted by Gasteiger charge is 2.13. The van der Waals surface area contributed by atoms with E-state index in [2.05, 4.69) is 5.32 Å². The molecule has 0 radical (unpaired) electrons. The van der Waals surface area contributed by atoms with Crippen molar-refractivity contribution in [1.82, 2.24) is 5.32 Å². The third kappa shape index (κ3) is 5.80. The molecular weight excluding hydrogens is 278 g/mol. The molecule has 2 unspecified atom stereocenters. The van der Waals surface area contributed by atoms with Gasteiger partial charge in [0.25, 0.3) is 0 Å². The summed E-state index contributed by atoms with van der Waals surface area (Å²) in [6, 6.07) is 5.21. The van der Waals surface area contributed by atoms with Gasteiger partial charge in [-0.2, -0.15) is 0 Å². The Morgan fingerprint density at radius 3 is 2.75 bits per heavy atom. The smallest absolute Gasteiger partial charge is 0.320 e. The number of carbonyl (C=O) groups is 1. The van der Waals surface area contributed by atoms with E-state index in [1.54, 1.807) is 6.92 Å². The zero-order valence-electron chi connectivity index (χ0n) is 12.1. The topological polar surface area (TPSA) is 58.6 Å². The van der Waals surface area contributed by atoms with Crippen molar-refractivity contribution in [2.45, 2.75) is 45.7 Å². The van der Waals surface area contributed by atoms with Crippen LogP contribution in [0.4, 0.5) is 0 Å². The molecule has 1 aromatic rings. The molecule has 5 heteroatoms. The van der Waals surface area contributed by atoms with Crippen molar-refractivity contribution in [3.8, 4) is 5.75 Å². The molecule has 1 rings (SSSR count). The molecule has 0 amide bonds. The molecule has 20 heavy (non-hydrogen) atoms. The van der Waals surface area contributed by atoms with E-state index in [4.69, 9.17) is 21.4 Å². The molecule has 2 atom stereocenters. The zero-order chi connectivity index (χ0) is 15.1. The molecule has 0 spiro atoms. The maximum Gasteiger partial charge on any atom is 0.320 e. The molecule has 0 saturated carbocycles. The standard InChI is InChI=1S/C15H22ClNO3/c1-10-9-13(6-7-14(10)16)20-8-4-5-11(2)17-12(3)15(18)19/h6-7,9,11-12,17H,4-5,8H2,1-3H3,(H,18,19). The molecule has 1 aromatic carbocycles. The Kier molecular flexibility index (Phi) is 6.82. The molecule has 0 aliphatic carbocycles. The number of hydrogen-bond donors (Lipinski definition) is 2. The second-order valence-corrected chi connectivity index (χ2v) is 5.44. The number of rotatable bonds is 8. The van der Waals surface area contributed by atoms with Crippen molar-refractivity contribution < 1.29 is 14.6 Å². The van der Waals surface area contributed by atoms with E-state index in [9.17, 15) is 4.79 Å². The van der Waals surface area contributed by atoms with Crippen LogP contribution in [-0.2, 0) is 4.79 Å². The third-order valence-corrected chi connectivity index (χ3v) is 3.51. The van der Waals surface area contributed by atoms with E-state index in [0.717, 1.165) is 29.2 Å². The number of ether oxygens (including phenoxy) is 1. The fourth-order valence-corrected chi connectivity index (χ4v) is 1.99. The Morgan fingerprint density at radius 1 is 1.45 bits per heavy atom. The van der Waals surface area contributed by atoms with Crippen LogP contribution in [0.25, 0.3) is 0 Å². The van der Waals surface area contributed by atoms with Gasteiger partial charge in [0.05, 0.1) is 6.61 Å². The lowest BCUT2D eigenvalue weighted by molar-refractivity contribution is -0.139. The highest BCUT2D eigenvalue weighted by atomic mass is 35.5. The van der Waals surface area contributed by atoms with E-state index in [1.807, 2.05) is 32.0 Å². The number of carboxylic acids is 1. The SMILES string of the molecule is Cc1cc(OCCCC(C)NC(C)C(=O)O)ccc1Cl. The predicted octanol–water partition coefficient (Wildman–Crippen LogP) is 3.26. The summed E-state index contributed by atoms with van der Waals surface area (Å²) in [7, 11) is 0. The van der Waals surface area contributed by atoms with Gasteiger partial charge in [-0.25, -0.2) is 0 Å². The van der Waals surface area contributed by atoms with Gasteiger partial charge in [0, 0.05) is 11.1 Å². The number of nitrogens with one attached hydrogen (secondary N) is 1. The van der Waals surface area contributed by atoms with E-state index >= 15 is 0 Å². The van der Waals surface area contributed by atoms with Crippen LogP contribution < -0.4 is 10.1 Å². The van der Waals surface area contributed by atoms with Crippen LogP contribution in [0.15, 0.2) is 18.2 Å². The second kappa shape index (κ2) is 8.12. The molecule has 4 nitrogen and oxygen atoms in total. The first kappa shape index (κ1) is 16.8. The summed E-state index contributed by atoms with van der Waals surface area (Å²) in [4.78, 5) is 10.7. The summed E-state index contributed by atoms with van der Waals surface area (Å²) in [5, 5.41) is 12.6. The summed E-state index contributed by atoms with van der Waals surface area (Å²) in [5.41, 5.74) is 0.995. The predicted molar refractivity (Wildman–Crippen MR) is 80.6 cm³/mol. The van der Waals surface area contributed by atoms with Crippen LogP contribution in [0.2, 0.25) is 5.02 Å². The summed E-state index contributed by atoms with van der Waals surface area (Å²) in [6.07, 6.45) is 1.73. The lowest BCUT2D eigenvalue weighted by Gasteiger charge is -2.17. The molecule has 0 aliphatic rings. The van der Waals surface area contributed by atoms with Gasteiger partial charge in [0.15, 0.2) is 0 Å². The Morgan fingerprint density at radius 2 is 2.15 bits per heavy atom. The summed E-state index contributed by atoms with van der Waals surface area (Å²) in [6.45, 7) is 6.17. The fraction of sp³-hybridized carbons (Fsp3) is 0.533. The van der Waals surface area contributed by atoms with E-state index < -0.39 is 12.0 Å². The highest BCUT2D eigenvalue weighted by molar-refractivity contribution is 6.31. The van der Waals surface area contributed by atoms with Gasteiger partial charge in [0.2, 0.25) is 0 Å². The summed E-state index contributed by atoms with van der Waals surface area (Å²) in [5.74, 6) is -0.0174. The van der Waals surface area contributed by atoms with Crippen LogP contribution in [0.3, 0.4) is 0 Å². The molecule has 112 valence electrons. The Hall–Kier alpha value is -1.26. The van der Waals surface area contributed by atoms with Crippen LogP contribution >= 0.6 is 11.6 Å². The van der Waals surface area contributed by atoms with Crippen molar-refractivity contribution in [2.24, 2.45) is 0 Å². The maximum atomic E-state index is 10.7. The minimum atomic E-state index is -0.829. The van der Waals surface area contributed by atoms with Crippen LogP contribution in [0.5, 0.6) is 5.75 Å². The normalized spacial score (nSPS) is 13.8. The molecule has 0 bridgehead atoms. The first-order valence-corrected chi connectivity index (χ1v) is 7.15. The van der Waals surface area contributed by atoms with Gasteiger partial charge < -0.3 is 15.2 Å². The number of hydrogen-bond acceptors (Lipinski definition) is 3. The monoisotopic (exact) mass is 299 g/mol. The van der Waals surface area contributed by atoms with Gasteiger partial charge in [0.1, 0.15) is 11.8 Å². The largest absolute Gasteiger partial charge is 0.494 e. The number of aryl methyl sites for hydroxylation is 1. The average Bonchev–Trinajstić information content (AvgIpc) is 2.38. The van der Waals surface area contributed by atoms with Gasteiger partial charge in [-0.1, -0.05) is 11.6 Å². The first-order chi connectivity index (χ1) is 9.40. The Labute approximate surface area is 125 Å². The number of aliphatic carboxylic acids is 1. The molecule has 0 heterocycles. The third-order valence-electron chi connectivity index (χ3n) is 3.08. The maximum absolute atomic E-state index is 10.7. The number of carboxylic acid groups (broad SMARTS) is 1. The molecule has 0 aromatic heterocycles. The minimum absolute atomic E-state index is 0.150. The van der Waals surface area contributed by atoms with Crippen molar-refractivity contribution >= 4 is 17.6 Å². The summed E-state index contributed by atoms with van der Waals surface area (Å²) >= 11 is 5.95. The van der Waals surface area contributed by atoms with Crippen molar-refractivity contribution in [3.63, 3.8) is 0 Å². The van der Waals surface area contributed by atoms with Gasteiger partial charge in [-0.15, -0.1) is 0 Å². The van der Waals surface area contributed by atoms with Gasteiger partial charge >= 0.3 is 5.97 Å². The number of benzene rings is 1. The fourth-order valence-electron chi connectivity index (χ4n) is 1.87. The van der Waals surface area contributed by atoms with Crippen LogP contribution in [0, 0.1) is 6.92 Å². The van der Waals surface area contributed by atoms with E-state index in [-0.39, 0.29) is 6.04 Å². The van der Waals surface area contributed by atoms with Gasteiger partial charge in [-0.05, 0) is 57.4 Å². The Bertz CT molecular complexity index is 451. The van der Waals surface area contributed by atoms with Gasteiger partial charge in [-0.3, -0.25) is 4.79 Å². The van der Waals surface area contributed by atoms with E-state index in [1.165, 1.54) is 0 Å². The first-order valence-electron chi connectivity index (χ1n) is 6.78. The van der Waals surface area contributed by atoms with Crippen molar-refractivity contribution in [1.29, 1.82) is 0 Å². The quantitative estimate of drug-likeness (QED) is 0.723. The minimum Gasteiger partial charge on any atom is -0.494 e. The molecule has 0 aliphatic heterocycles. The average molecular weight is 300 g/mol. The molecule has 2 N–H and O–H groups in total.